The minimum Gasteiger partial charge on any atom is -0.452 e. The molecule has 0 saturated carbocycles. The van der Waals surface area contributed by atoms with Gasteiger partial charge in [-0.2, -0.15) is 0 Å². The van der Waals surface area contributed by atoms with E-state index >= 15 is 0 Å². The Hall–Kier alpha value is -2.38. The average molecular weight is 394 g/mol. The number of ether oxygens (including phenoxy) is 1. The molecule has 1 aliphatic heterocycles. The molecular weight excluding hydrogens is 378 g/mol. The van der Waals surface area contributed by atoms with Crippen molar-refractivity contribution in [3.8, 4) is 0 Å². The first-order valence-electron chi connectivity index (χ1n) is 7.82. The normalized spacial score (nSPS) is 13.4. The van der Waals surface area contributed by atoms with Crippen molar-refractivity contribution >= 4 is 39.0 Å². The highest BCUT2D eigenvalue weighted by Gasteiger charge is 2.25. The number of halogens is 1. The lowest BCUT2D eigenvalue weighted by molar-refractivity contribution is -0.121. The Morgan fingerprint density at radius 2 is 1.92 bits per heavy atom. The highest BCUT2D eigenvalue weighted by Crippen LogP contribution is 2.27. The molecule has 0 bridgehead atoms. The molecule has 0 unspecified atom stereocenters. The Kier molecular flexibility index (Phi) is 5.02. The molecule has 0 fully saturated rings. The van der Waals surface area contributed by atoms with Crippen LogP contribution in [0, 0.1) is 0 Å². The first-order valence-corrected chi connectivity index (χ1v) is 10.1. The number of esters is 1. The molecule has 2 aromatic rings. The van der Waals surface area contributed by atoms with E-state index in [0.717, 1.165) is 30.0 Å². The van der Waals surface area contributed by atoms with Gasteiger partial charge in [-0.25, -0.2) is 13.2 Å². The topological polar surface area (TPSA) is 80.7 Å². The number of fused-ring (bicyclic) bond motifs is 1. The number of carbonyl (C=O) groups excluding carboxylic acids is 2. The van der Waals surface area contributed by atoms with Gasteiger partial charge >= 0.3 is 5.97 Å². The molecule has 2 aromatic carbocycles. The molecule has 0 saturated heterocycles. The van der Waals surface area contributed by atoms with Crippen LogP contribution < -0.4 is 4.90 Å². The second kappa shape index (κ2) is 7.09. The highest BCUT2D eigenvalue weighted by atomic mass is 35.5. The zero-order valence-corrected chi connectivity index (χ0v) is 15.5. The van der Waals surface area contributed by atoms with Gasteiger partial charge in [0.05, 0.1) is 15.5 Å². The Bertz CT molecular complexity index is 987. The summed E-state index contributed by atoms with van der Waals surface area (Å²) in [6, 6.07) is 11.3. The number of hydrogen-bond donors (Lipinski definition) is 0. The predicted octanol–water partition coefficient (Wildman–Crippen LogP) is 2.49. The first-order chi connectivity index (χ1) is 12.3. The van der Waals surface area contributed by atoms with Gasteiger partial charge in [0.15, 0.2) is 16.4 Å². The molecule has 0 radical (unpaired) electrons. The lowest BCUT2D eigenvalue weighted by Gasteiger charge is -2.17. The Balaban J connectivity index is 1.71. The zero-order valence-electron chi connectivity index (χ0n) is 13.9. The molecule has 1 amide bonds. The van der Waals surface area contributed by atoms with Gasteiger partial charge in [-0.3, -0.25) is 4.79 Å². The third-order valence-corrected chi connectivity index (χ3v) is 5.54. The summed E-state index contributed by atoms with van der Waals surface area (Å²) in [5.41, 5.74) is 1.78. The number of carbonyl (C=O) groups is 2. The Morgan fingerprint density at radius 1 is 1.19 bits per heavy atom. The molecular formula is C18H16ClNO5S. The predicted molar refractivity (Wildman–Crippen MR) is 97.3 cm³/mol. The smallest absolute Gasteiger partial charge is 0.340 e. The van der Waals surface area contributed by atoms with Crippen LogP contribution in [0.5, 0.6) is 0 Å². The summed E-state index contributed by atoms with van der Waals surface area (Å²) in [5.74, 6) is -1.19. The third-order valence-electron chi connectivity index (χ3n) is 4.10. The average Bonchev–Trinajstić information content (AvgIpc) is 3.03. The summed E-state index contributed by atoms with van der Waals surface area (Å²) in [6.07, 6.45) is 1.78. The van der Waals surface area contributed by atoms with Crippen molar-refractivity contribution in [2.24, 2.45) is 0 Å². The van der Waals surface area contributed by atoms with Gasteiger partial charge in [-0.05, 0) is 36.2 Å². The number of anilines is 1. The number of rotatable bonds is 4. The van der Waals surface area contributed by atoms with E-state index in [1.165, 1.54) is 12.1 Å². The third kappa shape index (κ3) is 3.73. The van der Waals surface area contributed by atoms with Gasteiger partial charge in [-0.1, -0.05) is 29.8 Å². The lowest BCUT2D eigenvalue weighted by Crippen LogP contribution is -2.33. The van der Waals surface area contributed by atoms with Gasteiger partial charge in [0.1, 0.15) is 0 Å². The second-order valence-electron chi connectivity index (χ2n) is 5.91. The van der Waals surface area contributed by atoms with E-state index in [0.29, 0.717) is 6.54 Å². The van der Waals surface area contributed by atoms with Crippen LogP contribution >= 0.6 is 11.6 Å². The largest absolute Gasteiger partial charge is 0.452 e. The zero-order chi connectivity index (χ0) is 18.9. The van der Waals surface area contributed by atoms with Gasteiger partial charge < -0.3 is 9.64 Å². The SMILES string of the molecule is CS(=O)(=O)c1ccc(Cl)c(C(=O)OCC(=O)N2CCc3ccccc32)c1. The maximum absolute atomic E-state index is 12.4. The molecule has 0 aliphatic carbocycles. The highest BCUT2D eigenvalue weighted by molar-refractivity contribution is 7.90. The summed E-state index contributed by atoms with van der Waals surface area (Å²) >= 11 is 5.96. The van der Waals surface area contributed by atoms with Crippen LogP contribution in [0.3, 0.4) is 0 Å². The molecule has 136 valence electrons. The maximum atomic E-state index is 12.4. The van der Waals surface area contributed by atoms with Crippen molar-refractivity contribution in [1.29, 1.82) is 0 Å². The summed E-state index contributed by atoms with van der Waals surface area (Å²) in [7, 11) is -3.49. The number of amides is 1. The van der Waals surface area contributed by atoms with E-state index in [2.05, 4.69) is 0 Å². The van der Waals surface area contributed by atoms with E-state index in [1.54, 1.807) is 4.90 Å². The number of nitrogens with zero attached hydrogens (tertiary/aromatic N) is 1. The Labute approximate surface area is 156 Å². The molecule has 0 aromatic heterocycles. The number of para-hydroxylation sites is 1. The van der Waals surface area contributed by atoms with E-state index in [4.69, 9.17) is 16.3 Å². The number of sulfone groups is 1. The number of benzene rings is 2. The van der Waals surface area contributed by atoms with E-state index < -0.39 is 22.4 Å². The van der Waals surface area contributed by atoms with Crippen LogP contribution in [0.15, 0.2) is 47.4 Å². The summed E-state index contributed by atoms with van der Waals surface area (Å²) in [5, 5.41) is 0.0568. The molecule has 1 heterocycles. The van der Waals surface area contributed by atoms with Gasteiger partial charge in [0.25, 0.3) is 5.91 Å². The van der Waals surface area contributed by atoms with Crippen LogP contribution in [0.25, 0.3) is 0 Å². The fourth-order valence-corrected chi connectivity index (χ4v) is 3.61. The Morgan fingerprint density at radius 3 is 2.65 bits per heavy atom. The van der Waals surface area contributed by atoms with Gasteiger partial charge in [-0.15, -0.1) is 0 Å². The van der Waals surface area contributed by atoms with Crippen molar-refractivity contribution in [2.45, 2.75) is 11.3 Å². The standard InChI is InChI=1S/C18H16ClNO5S/c1-26(23,24)13-6-7-15(19)14(10-13)18(22)25-11-17(21)20-9-8-12-4-2-3-5-16(12)20/h2-7,10H,8-9,11H2,1H3. The van der Waals surface area contributed by atoms with Crippen molar-refractivity contribution in [2.75, 3.05) is 24.3 Å². The van der Waals surface area contributed by atoms with E-state index in [1.807, 2.05) is 24.3 Å². The summed E-state index contributed by atoms with van der Waals surface area (Å²) < 4.78 is 28.3. The molecule has 0 spiro atoms. The molecule has 1 aliphatic rings. The molecule has 0 atom stereocenters. The first kappa shape index (κ1) is 18.4. The number of hydrogen-bond acceptors (Lipinski definition) is 5. The van der Waals surface area contributed by atoms with Crippen molar-refractivity contribution in [1.82, 2.24) is 0 Å². The van der Waals surface area contributed by atoms with Gasteiger partial charge in [0, 0.05) is 18.5 Å². The molecule has 3 rings (SSSR count). The molecule has 8 heteroatoms. The summed E-state index contributed by atoms with van der Waals surface area (Å²) in [6.45, 7) is 0.0760. The van der Waals surface area contributed by atoms with E-state index in [-0.39, 0.29) is 21.4 Å². The fourth-order valence-electron chi connectivity index (χ4n) is 2.77. The quantitative estimate of drug-likeness (QED) is 0.745. The van der Waals surface area contributed by atoms with Crippen LogP contribution in [0.2, 0.25) is 5.02 Å². The van der Waals surface area contributed by atoms with Crippen molar-refractivity contribution < 1.29 is 22.7 Å². The molecule has 26 heavy (non-hydrogen) atoms. The second-order valence-corrected chi connectivity index (χ2v) is 8.34. The minimum atomic E-state index is -3.49. The van der Waals surface area contributed by atoms with Crippen molar-refractivity contribution in [3.63, 3.8) is 0 Å². The van der Waals surface area contributed by atoms with Gasteiger partial charge in [0.2, 0.25) is 0 Å². The summed E-state index contributed by atoms with van der Waals surface area (Å²) in [4.78, 5) is 26.1. The molecule has 0 N–H and O–H groups in total. The van der Waals surface area contributed by atoms with E-state index in [9.17, 15) is 18.0 Å². The van der Waals surface area contributed by atoms with Crippen molar-refractivity contribution in [3.05, 3.63) is 58.6 Å². The maximum Gasteiger partial charge on any atom is 0.340 e. The monoisotopic (exact) mass is 393 g/mol. The van der Waals surface area contributed by atoms with Crippen LogP contribution in [0.4, 0.5) is 5.69 Å². The molecule has 6 nitrogen and oxygen atoms in total. The lowest BCUT2D eigenvalue weighted by atomic mass is 10.2. The van der Waals surface area contributed by atoms with Crippen LogP contribution in [-0.2, 0) is 25.8 Å². The fraction of sp³-hybridized carbons (Fsp3) is 0.222. The van der Waals surface area contributed by atoms with Crippen LogP contribution in [0.1, 0.15) is 15.9 Å². The van der Waals surface area contributed by atoms with Crippen LogP contribution in [-0.4, -0.2) is 39.7 Å². The minimum absolute atomic E-state index is 0.0475.